The van der Waals surface area contributed by atoms with Gasteiger partial charge in [-0.3, -0.25) is 10.1 Å². The van der Waals surface area contributed by atoms with Crippen LogP contribution in [0.15, 0.2) is 12.1 Å². The predicted octanol–water partition coefficient (Wildman–Crippen LogP) is 1.13. The average molecular weight is 198 g/mol. The largest absolute Gasteiger partial charge is 0.485 e. The standard InChI is InChI=1S/C8H7FN2O3/c9-4-1-5-6(10)3-14-8(5)7(2-4)11(12)13/h1-2,6H,3,10H2/t6-/m1/s1. The number of nitrogens with zero attached hydrogens (tertiary/aromatic N) is 1. The van der Waals surface area contributed by atoms with Gasteiger partial charge in [-0.2, -0.15) is 0 Å². The molecule has 1 heterocycles. The first-order chi connectivity index (χ1) is 6.59. The number of ether oxygens (including phenoxy) is 1. The van der Waals surface area contributed by atoms with Crippen molar-refractivity contribution in [3.05, 3.63) is 33.6 Å². The molecule has 14 heavy (non-hydrogen) atoms. The number of nitro groups is 1. The Morgan fingerprint density at radius 2 is 2.36 bits per heavy atom. The van der Waals surface area contributed by atoms with Crippen LogP contribution in [0, 0.1) is 15.9 Å². The minimum Gasteiger partial charge on any atom is -0.485 e. The van der Waals surface area contributed by atoms with Gasteiger partial charge in [0.15, 0.2) is 0 Å². The number of nitrogens with two attached hydrogens (primary N) is 1. The molecule has 1 aliphatic heterocycles. The summed E-state index contributed by atoms with van der Waals surface area (Å²) >= 11 is 0. The van der Waals surface area contributed by atoms with Crippen molar-refractivity contribution in [2.24, 2.45) is 5.73 Å². The summed E-state index contributed by atoms with van der Waals surface area (Å²) in [5.41, 5.74) is 5.56. The van der Waals surface area contributed by atoms with Crippen LogP contribution < -0.4 is 10.5 Å². The van der Waals surface area contributed by atoms with E-state index in [-0.39, 0.29) is 18.0 Å². The van der Waals surface area contributed by atoms with Gasteiger partial charge in [0.05, 0.1) is 17.0 Å². The number of nitro benzene ring substituents is 1. The van der Waals surface area contributed by atoms with Gasteiger partial charge in [0.1, 0.15) is 12.4 Å². The number of hydrogen-bond acceptors (Lipinski definition) is 4. The van der Waals surface area contributed by atoms with E-state index in [9.17, 15) is 14.5 Å². The first-order valence-corrected chi connectivity index (χ1v) is 3.96. The van der Waals surface area contributed by atoms with Crippen LogP contribution in [0.1, 0.15) is 11.6 Å². The summed E-state index contributed by atoms with van der Waals surface area (Å²) in [5, 5.41) is 10.5. The summed E-state index contributed by atoms with van der Waals surface area (Å²) in [7, 11) is 0. The van der Waals surface area contributed by atoms with Gasteiger partial charge in [-0.05, 0) is 6.07 Å². The first kappa shape index (κ1) is 8.89. The van der Waals surface area contributed by atoms with Crippen molar-refractivity contribution in [3.8, 4) is 5.75 Å². The number of halogens is 1. The van der Waals surface area contributed by atoms with E-state index in [4.69, 9.17) is 10.5 Å². The highest BCUT2D eigenvalue weighted by Crippen LogP contribution is 2.39. The van der Waals surface area contributed by atoms with Gasteiger partial charge >= 0.3 is 5.69 Å². The monoisotopic (exact) mass is 198 g/mol. The van der Waals surface area contributed by atoms with E-state index in [1.807, 2.05) is 0 Å². The van der Waals surface area contributed by atoms with Crippen LogP contribution in [-0.4, -0.2) is 11.5 Å². The lowest BCUT2D eigenvalue weighted by Crippen LogP contribution is -2.10. The molecule has 0 saturated heterocycles. The van der Waals surface area contributed by atoms with Crippen molar-refractivity contribution in [1.82, 2.24) is 0 Å². The number of benzene rings is 1. The molecule has 1 aromatic rings. The zero-order valence-electron chi connectivity index (χ0n) is 7.07. The fraction of sp³-hybridized carbons (Fsp3) is 0.250. The Hall–Kier alpha value is -1.69. The lowest BCUT2D eigenvalue weighted by Gasteiger charge is -2.01. The molecule has 0 aliphatic carbocycles. The summed E-state index contributed by atoms with van der Waals surface area (Å²) in [5.74, 6) is -0.583. The van der Waals surface area contributed by atoms with E-state index in [0.29, 0.717) is 5.56 Å². The Morgan fingerprint density at radius 3 is 3.00 bits per heavy atom. The quantitative estimate of drug-likeness (QED) is 0.541. The molecule has 0 fully saturated rings. The fourth-order valence-electron chi connectivity index (χ4n) is 1.43. The molecular weight excluding hydrogens is 191 g/mol. The van der Waals surface area contributed by atoms with Gasteiger partial charge in [0.2, 0.25) is 5.75 Å². The van der Waals surface area contributed by atoms with Crippen LogP contribution in [0.4, 0.5) is 10.1 Å². The van der Waals surface area contributed by atoms with Gasteiger partial charge in [-0.1, -0.05) is 0 Å². The fourth-order valence-corrected chi connectivity index (χ4v) is 1.43. The second-order valence-corrected chi connectivity index (χ2v) is 3.02. The molecule has 0 saturated carbocycles. The topological polar surface area (TPSA) is 78.4 Å². The van der Waals surface area contributed by atoms with Gasteiger partial charge in [0, 0.05) is 5.56 Å². The molecule has 0 spiro atoms. The number of hydrogen-bond donors (Lipinski definition) is 1. The molecule has 74 valence electrons. The molecule has 6 heteroatoms. The van der Waals surface area contributed by atoms with Crippen LogP contribution >= 0.6 is 0 Å². The Kier molecular flexibility index (Phi) is 1.85. The highest BCUT2D eigenvalue weighted by molar-refractivity contribution is 5.55. The Balaban J connectivity index is 2.63. The second-order valence-electron chi connectivity index (χ2n) is 3.02. The molecule has 2 N–H and O–H groups in total. The van der Waals surface area contributed by atoms with Gasteiger partial charge in [0.25, 0.3) is 0 Å². The molecule has 0 unspecified atom stereocenters. The van der Waals surface area contributed by atoms with Crippen LogP contribution in [0.3, 0.4) is 0 Å². The van der Waals surface area contributed by atoms with E-state index in [1.54, 1.807) is 0 Å². The first-order valence-electron chi connectivity index (χ1n) is 3.96. The van der Waals surface area contributed by atoms with Gasteiger partial charge < -0.3 is 10.5 Å². The van der Waals surface area contributed by atoms with E-state index in [1.165, 1.54) is 6.07 Å². The van der Waals surface area contributed by atoms with Crippen molar-refractivity contribution in [2.75, 3.05) is 6.61 Å². The zero-order chi connectivity index (χ0) is 10.3. The summed E-state index contributed by atoms with van der Waals surface area (Å²) in [6.45, 7) is 0.152. The minimum absolute atomic E-state index is 0.0869. The predicted molar refractivity (Wildman–Crippen MR) is 45.5 cm³/mol. The van der Waals surface area contributed by atoms with Crippen LogP contribution in [0.25, 0.3) is 0 Å². The molecule has 1 atom stereocenters. The summed E-state index contributed by atoms with van der Waals surface area (Å²) in [6.07, 6.45) is 0. The van der Waals surface area contributed by atoms with Crippen LogP contribution in [0.2, 0.25) is 0 Å². The molecule has 1 aromatic carbocycles. The van der Waals surface area contributed by atoms with Crippen molar-refractivity contribution in [2.45, 2.75) is 6.04 Å². The van der Waals surface area contributed by atoms with Crippen molar-refractivity contribution < 1.29 is 14.1 Å². The third kappa shape index (κ3) is 1.20. The molecule has 0 aromatic heterocycles. The molecule has 5 nitrogen and oxygen atoms in total. The molecule has 2 rings (SSSR count). The van der Waals surface area contributed by atoms with Crippen LogP contribution in [-0.2, 0) is 0 Å². The smallest absolute Gasteiger partial charge is 0.314 e. The minimum atomic E-state index is -0.681. The van der Waals surface area contributed by atoms with E-state index >= 15 is 0 Å². The average Bonchev–Trinajstić information content (AvgIpc) is 2.47. The Labute approximate surface area is 78.4 Å². The highest BCUT2D eigenvalue weighted by atomic mass is 19.1. The van der Waals surface area contributed by atoms with Crippen LogP contribution in [0.5, 0.6) is 5.75 Å². The molecule has 0 radical (unpaired) electrons. The van der Waals surface area contributed by atoms with Crippen molar-refractivity contribution in [1.29, 1.82) is 0 Å². The van der Waals surface area contributed by atoms with Crippen molar-refractivity contribution >= 4 is 5.69 Å². The molecular formula is C8H7FN2O3. The maximum atomic E-state index is 12.9. The highest BCUT2D eigenvalue weighted by Gasteiger charge is 2.30. The van der Waals surface area contributed by atoms with Crippen molar-refractivity contribution in [3.63, 3.8) is 0 Å². The lowest BCUT2D eigenvalue weighted by atomic mass is 10.1. The van der Waals surface area contributed by atoms with Gasteiger partial charge in [-0.15, -0.1) is 0 Å². The van der Waals surface area contributed by atoms with E-state index in [0.717, 1.165) is 6.07 Å². The third-order valence-electron chi connectivity index (χ3n) is 2.07. The summed E-state index contributed by atoms with van der Waals surface area (Å²) < 4.78 is 18.0. The second kappa shape index (κ2) is 2.91. The maximum absolute atomic E-state index is 12.9. The normalized spacial score (nSPS) is 18.9. The number of fused-ring (bicyclic) bond motifs is 1. The molecule has 1 aliphatic rings. The molecule has 0 amide bonds. The summed E-state index contributed by atoms with van der Waals surface area (Å²) in [4.78, 5) is 9.86. The third-order valence-corrected chi connectivity index (χ3v) is 2.07. The zero-order valence-corrected chi connectivity index (χ0v) is 7.07. The SMILES string of the molecule is N[C@@H]1COc2c1cc(F)cc2[N+](=O)[O-]. The maximum Gasteiger partial charge on any atom is 0.314 e. The van der Waals surface area contributed by atoms with Gasteiger partial charge in [-0.25, -0.2) is 4.39 Å². The number of rotatable bonds is 1. The summed E-state index contributed by atoms with van der Waals surface area (Å²) in [6, 6.07) is 1.51. The Morgan fingerprint density at radius 1 is 1.64 bits per heavy atom. The van der Waals surface area contributed by atoms with E-state index < -0.39 is 16.8 Å². The molecule has 0 bridgehead atoms. The van der Waals surface area contributed by atoms with E-state index in [2.05, 4.69) is 0 Å². The lowest BCUT2D eigenvalue weighted by molar-refractivity contribution is -0.385. The Bertz CT molecular complexity index is 408.